The van der Waals surface area contributed by atoms with Crippen molar-refractivity contribution in [2.45, 2.75) is 52.1 Å². The van der Waals surface area contributed by atoms with Crippen LogP contribution < -0.4 is 5.32 Å². The van der Waals surface area contributed by atoms with Crippen LogP contribution in [0.15, 0.2) is 0 Å². The Hall–Kier alpha value is -0.570. The SMILES string of the molecule is CCCC(CC)NC(C)C(=O)O. The van der Waals surface area contributed by atoms with E-state index in [0.29, 0.717) is 6.04 Å². The lowest BCUT2D eigenvalue weighted by Crippen LogP contribution is -2.40. The minimum absolute atomic E-state index is 0.348. The maximum Gasteiger partial charge on any atom is 0.320 e. The van der Waals surface area contributed by atoms with Crippen LogP contribution >= 0.6 is 0 Å². The van der Waals surface area contributed by atoms with E-state index in [1.54, 1.807) is 6.92 Å². The quantitative estimate of drug-likeness (QED) is 0.641. The lowest BCUT2D eigenvalue weighted by molar-refractivity contribution is -0.139. The second-order valence-corrected chi connectivity index (χ2v) is 3.12. The monoisotopic (exact) mass is 173 g/mol. The minimum atomic E-state index is -0.774. The van der Waals surface area contributed by atoms with Crippen LogP contribution in [0.5, 0.6) is 0 Å². The molecule has 2 N–H and O–H groups in total. The molecule has 0 heterocycles. The molecule has 0 saturated carbocycles. The van der Waals surface area contributed by atoms with Gasteiger partial charge in [-0.25, -0.2) is 0 Å². The highest BCUT2D eigenvalue weighted by atomic mass is 16.4. The van der Waals surface area contributed by atoms with Gasteiger partial charge in [-0.1, -0.05) is 20.3 Å². The van der Waals surface area contributed by atoms with Gasteiger partial charge in [0, 0.05) is 6.04 Å². The van der Waals surface area contributed by atoms with Gasteiger partial charge in [0.05, 0.1) is 0 Å². The van der Waals surface area contributed by atoms with Crippen LogP contribution in [0, 0.1) is 0 Å². The molecule has 12 heavy (non-hydrogen) atoms. The fourth-order valence-electron chi connectivity index (χ4n) is 1.18. The van der Waals surface area contributed by atoms with Crippen LogP contribution in [0.3, 0.4) is 0 Å². The van der Waals surface area contributed by atoms with E-state index in [1.807, 2.05) is 0 Å². The number of carbonyl (C=O) groups is 1. The highest BCUT2D eigenvalue weighted by Crippen LogP contribution is 2.02. The van der Waals surface area contributed by atoms with Gasteiger partial charge in [-0.2, -0.15) is 0 Å². The summed E-state index contributed by atoms with van der Waals surface area (Å²) in [6, 6.07) is -0.0809. The van der Waals surface area contributed by atoms with Crippen molar-refractivity contribution in [2.24, 2.45) is 0 Å². The molecule has 0 rings (SSSR count). The second-order valence-electron chi connectivity index (χ2n) is 3.12. The fraction of sp³-hybridized carbons (Fsp3) is 0.889. The maximum absolute atomic E-state index is 10.5. The molecule has 0 aliphatic carbocycles. The summed E-state index contributed by atoms with van der Waals surface area (Å²) in [5, 5.41) is 11.7. The van der Waals surface area contributed by atoms with E-state index >= 15 is 0 Å². The molecule has 0 bridgehead atoms. The summed E-state index contributed by atoms with van der Waals surface area (Å²) < 4.78 is 0. The lowest BCUT2D eigenvalue weighted by Gasteiger charge is -2.18. The third-order valence-electron chi connectivity index (χ3n) is 1.99. The molecule has 0 amide bonds. The maximum atomic E-state index is 10.5. The van der Waals surface area contributed by atoms with Crippen molar-refractivity contribution in [1.29, 1.82) is 0 Å². The fourth-order valence-corrected chi connectivity index (χ4v) is 1.18. The van der Waals surface area contributed by atoms with Crippen molar-refractivity contribution in [1.82, 2.24) is 5.32 Å². The number of nitrogens with one attached hydrogen (secondary N) is 1. The van der Waals surface area contributed by atoms with Gasteiger partial charge in [-0.15, -0.1) is 0 Å². The molecule has 0 saturated heterocycles. The van der Waals surface area contributed by atoms with Crippen molar-refractivity contribution in [2.75, 3.05) is 0 Å². The predicted octanol–water partition coefficient (Wildman–Crippen LogP) is 1.63. The normalized spacial score (nSPS) is 15.6. The third kappa shape index (κ3) is 4.34. The van der Waals surface area contributed by atoms with E-state index < -0.39 is 12.0 Å². The van der Waals surface area contributed by atoms with Crippen molar-refractivity contribution >= 4 is 5.97 Å². The third-order valence-corrected chi connectivity index (χ3v) is 1.99. The Kier molecular flexibility index (Phi) is 5.72. The number of carboxylic acids is 1. The summed E-state index contributed by atoms with van der Waals surface area (Å²) in [6.07, 6.45) is 3.14. The number of aliphatic carboxylic acids is 1. The van der Waals surface area contributed by atoms with Crippen LogP contribution in [-0.2, 0) is 4.79 Å². The van der Waals surface area contributed by atoms with E-state index in [9.17, 15) is 4.79 Å². The molecule has 2 atom stereocenters. The van der Waals surface area contributed by atoms with E-state index in [4.69, 9.17) is 5.11 Å². The molecule has 0 spiro atoms. The Labute approximate surface area is 74.2 Å². The van der Waals surface area contributed by atoms with Gasteiger partial charge in [0.1, 0.15) is 6.04 Å². The Bertz CT molecular complexity index is 136. The van der Waals surface area contributed by atoms with Gasteiger partial charge in [0.15, 0.2) is 0 Å². The van der Waals surface area contributed by atoms with Gasteiger partial charge >= 0.3 is 5.97 Å². The molecule has 0 aliphatic heterocycles. The topological polar surface area (TPSA) is 49.3 Å². The largest absolute Gasteiger partial charge is 0.480 e. The second kappa shape index (κ2) is 6.00. The van der Waals surface area contributed by atoms with Crippen LogP contribution in [0.25, 0.3) is 0 Å². The molecule has 0 aromatic heterocycles. The van der Waals surface area contributed by atoms with Gasteiger partial charge in [-0.05, 0) is 19.8 Å². The molecule has 72 valence electrons. The van der Waals surface area contributed by atoms with E-state index in [2.05, 4.69) is 19.2 Å². The van der Waals surface area contributed by atoms with E-state index in [0.717, 1.165) is 19.3 Å². The van der Waals surface area contributed by atoms with Crippen LogP contribution in [-0.4, -0.2) is 23.2 Å². The Morgan fingerprint density at radius 2 is 2.08 bits per heavy atom. The average molecular weight is 173 g/mol. The molecule has 0 aromatic carbocycles. The molecule has 3 heteroatoms. The van der Waals surface area contributed by atoms with Gasteiger partial charge in [0.2, 0.25) is 0 Å². The van der Waals surface area contributed by atoms with Crippen LogP contribution in [0.1, 0.15) is 40.0 Å². The van der Waals surface area contributed by atoms with Gasteiger partial charge in [0.25, 0.3) is 0 Å². The summed E-state index contributed by atoms with van der Waals surface area (Å²) >= 11 is 0. The number of hydrogen-bond donors (Lipinski definition) is 2. The molecular weight excluding hydrogens is 154 g/mol. The molecule has 0 aliphatic rings. The zero-order chi connectivity index (χ0) is 9.56. The van der Waals surface area contributed by atoms with Crippen molar-refractivity contribution in [3.05, 3.63) is 0 Å². The van der Waals surface area contributed by atoms with Crippen molar-refractivity contribution < 1.29 is 9.90 Å². The predicted molar refractivity (Wildman–Crippen MR) is 49.2 cm³/mol. The molecule has 0 aromatic rings. The van der Waals surface area contributed by atoms with Crippen LogP contribution in [0.2, 0.25) is 0 Å². The molecule has 3 nitrogen and oxygen atoms in total. The summed E-state index contributed by atoms with van der Waals surface area (Å²) in [4.78, 5) is 10.5. The summed E-state index contributed by atoms with van der Waals surface area (Å²) in [5.74, 6) is -0.774. The molecule has 0 fully saturated rings. The summed E-state index contributed by atoms with van der Waals surface area (Å²) in [6.45, 7) is 5.86. The van der Waals surface area contributed by atoms with E-state index in [1.165, 1.54) is 0 Å². The van der Waals surface area contributed by atoms with Crippen molar-refractivity contribution in [3.63, 3.8) is 0 Å². The summed E-state index contributed by atoms with van der Waals surface area (Å²) in [7, 11) is 0. The van der Waals surface area contributed by atoms with Crippen LogP contribution in [0.4, 0.5) is 0 Å². The zero-order valence-corrected chi connectivity index (χ0v) is 8.13. The smallest absolute Gasteiger partial charge is 0.320 e. The van der Waals surface area contributed by atoms with Gasteiger partial charge < -0.3 is 10.4 Å². The zero-order valence-electron chi connectivity index (χ0n) is 8.13. The number of rotatable bonds is 6. The lowest BCUT2D eigenvalue weighted by atomic mass is 10.1. The first-order chi connectivity index (χ1) is 5.61. The minimum Gasteiger partial charge on any atom is -0.480 e. The standard InChI is InChI=1S/C9H19NO2/c1-4-6-8(5-2)10-7(3)9(11)12/h7-8,10H,4-6H2,1-3H3,(H,11,12). The molecule has 2 unspecified atom stereocenters. The highest BCUT2D eigenvalue weighted by Gasteiger charge is 2.14. The molecule has 0 radical (unpaired) electrons. The number of carboxylic acid groups (broad SMARTS) is 1. The Morgan fingerprint density at radius 3 is 2.42 bits per heavy atom. The summed E-state index contributed by atoms with van der Waals surface area (Å²) in [5.41, 5.74) is 0. The first-order valence-electron chi connectivity index (χ1n) is 4.60. The average Bonchev–Trinajstić information content (AvgIpc) is 2.03. The first kappa shape index (κ1) is 11.4. The Morgan fingerprint density at radius 1 is 1.50 bits per heavy atom. The Balaban J connectivity index is 3.76. The highest BCUT2D eigenvalue weighted by molar-refractivity contribution is 5.72. The first-order valence-corrected chi connectivity index (χ1v) is 4.60. The number of hydrogen-bond acceptors (Lipinski definition) is 2. The molecular formula is C9H19NO2. The van der Waals surface area contributed by atoms with E-state index in [-0.39, 0.29) is 0 Å². The van der Waals surface area contributed by atoms with Gasteiger partial charge in [-0.3, -0.25) is 4.79 Å². The van der Waals surface area contributed by atoms with Crippen molar-refractivity contribution in [3.8, 4) is 0 Å².